The van der Waals surface area contributed by atoms with E-state index in [0.29, 0.717) is 5.52 Å². The molecule has 0 unspecified atom stereocenters. The number of fused-ring (bicyclic) bond motifs is 1. The van der Waals surface area contributed by atoms with Gasteiger partial charge in [0.25, 0.3) is 15.6 Å². The molecule has 2 aromatic rings. The summed E-state index contributed by atoms with van der Waals surface area (Å²) in [6, 6.07) is 3.95. The number of nitrogens with one attached hydrogen (secondary N) is 2. The van der Waals surface area contributed by atoms with E-state index >= 15 is 0 Å². The first-order chi connectivity index (χ1) is 10.3. The number of hydrogen-bond donors (Lipinski definition) is 2. The Morgan fingerprint density at radius 2 is 2.14 bits per heavy atom. The standard InChI is InChI=1S/C14H17N3O4S/c1-3-9(2)6-13(18)17-22(20,21)10-4-5-12-11(7-10)14(19)16-8-15-12/h4-5,7-9H,3,6H2,1-2H3,(H,17,18)(H,15,16,19)/t9-/m0/s1. The van der Waals surface area contributed by atoms with E-state index < -0.39 is 21.5 Å². The first-order valence-corrected chi connectivity index (χ1v) is 8.35. The molecule has 0 bridgehead atoms. The molecular weight excluding hydrogens is 306 g/mol. The molecule has 1 aromatic carbocycles. The van der Waals surface area contributed by atoms with Gasteiger partial charge in [0, 0.05) is 6.42 Å². The number of aromatic nitrogens is 2. The summed E-state index contributed by atoms with van der Waals surface area (Å²) in [6.45, 7) is 3.79. The van der Waals surface area contributed by atoms with Crippen molar-refractivity contribution in [3.63, 3.8) is 0 Å². The van der Waals surface area contributed by atoms with Gasteiger partial charge in [0.05, 0.1) is 22.1 Å². The van der Waals surface area contributed by atoms with Crippen LogP contribution in [0, 0.1) is 5.92 Å². The summed E-state index contributed by atoms with van der Waals surface area (Å²) in [4.78, 5) is 29.6. The van der Waals surface area contributed by atoms with Crippen LogP contribution >= 0.6 is 0 Å². The smallest absolute Gasteiger partial charge is 0.264 e. The molecule has 118 valence electrons. The van der Waals surface area contributed by atoms with Crippen molar-refractivity contribution in [3.05, 3.63) is 34.9 Å². The summed E-state index contributed by atoms with van der Waals surface area (Å²) < 4.78 is 26.4. The first kappa shape index (κ1) is 16.2. The third-order valence-electron chi connectivity index (χ3n) is 3.40. The molecule has 0 aliphatic heterocycles. The van der Waals surface area contributed by atoms with Crippen LogP contribution in [-0.4, -0.2) is 24.3 Å². The first-order valence-electron chi connectivity index (χ1n) is 6.86. The SMILES string of the molecule is CC[C@H](C)CC(=O)NS(=O)(=O)c1ccc2nc[nH]c(=O)c2c1. The molecule has 1 atom stereocenters. The molecular formula is C14H17N3O4S. The second-order valence-corrected chi connectivity index (χ2v) is 6.84. The summed E-state index contributed by atoms with van der Waals surface area (Å²) in [5.41, 5.74) is -0.0541. The molecule has 8 heteroatoms. The number of sulfonamides is 1. The molecule has 0 radical (unpaired) electrons. The average Bonchev–Trinajstić information content (AvgIpc) is 2.46. The summed E-state index contributed by atoms with van der Waals surface area (Å²) in [5, 5.41) is 0.153. The molecule has 1 aromatic heterocycles. The average molecular weight is 323 g/mol. The fraction of sp³-hybridized carbons (Fsp3) is 0.357. The molecule has 0 saturated heterocycles. The number of hydrogen-bond acceptors (Lipinski definition) is 5. The van der Waals surface area contributed by atoms with Gasteiger partial charge in [-0.15, -0.1) is 0 Å². The van der Waals surface area contributed by atoms with Crippen LogP contribution < -0.4 is 10.3 Å². The van der Waals surface area contributed by atoms with Gasteiger partial charge in [-0.1, -0.05) is 20.3 Å². The molecule has 22 heavy (non-hydrogen) atoms. The van der Waals surface area contributed by atoms with Crippen molar-refractivity contribution in [1.29, 1.82) is 0 Å². The molecule has 1 heterocycles. The lowest BCUT2D eigenvalue weighted by Crippen LogP contribution is -2.31. The van der Waals surface area contributed by atoms with Gasteiger partial charge in [0.15, 0.2) is 0 Å². The Kier molecular flexibility index (Phi) is 4.60. The molecule has 0 spiro atoms. The van der Waals surface area contributed by atoms with Crippen LogP contribution in [-0.2, 0) is 14.8 Å². The topological polar surface area (TPSA) is 109 Å². The monoisotopic (exact) mass is 323 g/mol. The van der Waals surface area contributed by atoms with E-state index in [-0.39, 0.29) is 22.6 Å². The third-order valence-corrected chi connectivity index (χ3v) is 4.77. The maximum atomic E-state index is 12.2. The Hall–Kier alpha value is -2.22. The maximum Gasteiger partial charge on any atom is 0.264 e. The minimum Gasteiger partial charge on any atom is -0.313 e. The highest BCUT2D eigenvalue weighted by atomic mass is 32.2. The lowest BCUT2D eigenvalue weighted by Gasteiger charge is -2.10. The zero-order chi connectivity index (χ0) is 16.3. The Bertz CT molecular complexity index is 858. The van der Waals surface area contributed by atoms with Gasteiger partial charge in [-0.25, -0.2) is 18.1 Å². The minimum atomic E-state index is -4.00. The van der Waals surface area contributed by atoms with Crippen molar-refractivity contribution >= 4 is 26.8 Å². The predicted molar refractivity (Wildman–Crippen MR) is 81.8 cm³/mol. The Morgan fingerprint density at radius 3 is 2.82 bits per heavy atom. The van der Waals surface area contributed by atoms with Crippen LogP contribution in [0.3, 0.4) is 0 Å². The maximum absolute atomic E-state index is 12.2. The van der Waals surface area contributed by atoms with Crippen LogP contribution in [0.25, 0.3) is 10.9 Å². The molecule has 0 fully saturated rings. The van der Waals surface area contributed by atoms with Crippen LogP contribution in [0.5, 0.6) is 0 Å². The van der Waals surface area contributed by atoms with Crippen molar-refractivity contribution in [3.8, 4) is 0 Å². The lowest BCUT2D eigenvalue weighted by molar-refractivity contribution is -0.120. The van der Waals surface area contributed by atoms with Gasteiger partial charge < -0.3 is 4.98 Å². The van der Waals surface area contributed by atoms with E-state index in [9.17, 15) is 18.0 Å². The van der Waals surface area contributed by atoms with Crippen molar-refractivity contribution in [2.75, 3.05) is 0 Å². The van der Waals surface area contributed by atoms with Crippen molar-refractivity contribution in [1.82, 2.24) is 14.7 Å². The largest absolute Gasteiger partial charge is 0.313 e. The van der Waals surface area contributed by atoms with E-state index in [0.717, 1.165) is 6.42 Å². The fourth-order valence-corrected chi connectivity index (χ4v) is 2.95. The summed E-state index contributed by atoms with van der Waals surface area (Å²) in [5.74, 6) is -0.464. The summed E-state index contributed by atoms with van der Waals surface area (Å²) in [6.07, 6.45) is 2.16. The van der Waals surface area contributed by atoms with E-state index in [2.05, 4.69) is 9.97 Å². The fourth-order valence-electron chi connectivity index (χ4n) is 1.93. The molecule has 2 N–H and O–H groups in total. The van der Waals surface area contributed by atoms with Gasteiger partial charge in [-0.3, -0.25) is 9.59 Å². The van der Waals surface area contributed by atoms with E-state index in [1.165, 1.54) is 24.5 Å². The van der Waals surface area contributed by atoms with Crippen LogP contribution in [0.1, 0.15) is 26.7 Å². The number of carbonyl (C=O) groups is 1. The van der Waals surface area contributed by atoms with E-state index in [1.54, 1.807) is 0 Å². The number of aromatic amines is 1. The van der Waals surface area contributed by atoms with Crippen molar-refractivity contribution < 1.29 is 13.2 Å². The third kappa shape index (κ3) is 3.51. The molecule has 2 rings (SSSR count). The van der Waals surface area contributed by atoms with Crippen molar-refractivity contribution in [2.45, 2.75) is 31.6 Å². The number of benzene rings is 1. The molecule has 0 saturated carbocycles. The highest BCUT2D eigenvalue weighted by Gasteiger charge is 2.19. The van der Waals surface area contributed by atoms with Gasteiger partial charge in [-0.05, 0) is 24.1 Å². The predicted octanol–water partition coefficient (Wildman–Crippen LogP) is 1.16. The second kappa shape index (κ2) is 6.27. The number of H-pyrrole nitrogens is 1. The number of nitrogens with zero attached hydrogens (tertiary/aromatic N) is 1. The molecule has 7 nitrogen and oxygen atoms in total. The summed E-state index contributed by atoms with van der Waals surface area (Å²) >= 11 is 0. The highest BCUT2D eigenvalue weighted by Crippen LogP contribution is 2.15. The molecule has 1 amide bonds. The van der Waals surface area contributed by atoms with Crippen molar-refractivity contribution in [2.24, 2.45) is 5.92 Å². The minimum absolute atomic E-state index is 0.0962. The van der Waals surface area contributed by atoms with E-state index in [4.69, 9.17) is 0 Å². The van der Waals surface area contributed by atoms with Crippen LogP contribution in [0.4, 0.5) is 0 Å². The zero-order valence-electron chi connectivity index (χ0n) is 12.3. The lowest BCUT2D eigenvalue weighted by atomic mass is 10.1. The molecule has 0 aliphatic rings. The quantitative estimate of drug-likeness (QED) is 0.858. The van der Waals surface area contributed by atoms with Gasteiger partial charge >= 0.3 is 0 Å². The second-order valence-electron chi connectivity index (χ2n) is 5.16. The molecule has 0 aliphatic carbocycles. The highest BCUT2D eigenvalue weighted by molar-refractivity contribution is 7.90. The number of rotatable bonds is 5. The van der Waals surface area contributed by atoms with Gasteiger partial charge in [0.2, 0.25) is 5.91 Å². The number of amides is 1. The zero-order valence-corrected chi connectivity index (χ0v) is 13.1. The van der Waals surface area contributed by atoms with E-state index in [1.807, 2.05) is 18.6 Å². The van der Waals surface area contributed by atoms with Gasteiger partial charge in [-0.2, -0.15) is 0 Å². The summed E-state index contributed by atoms with van der Waals surface area (Å²) in [7, 11) is -4.00. The number of carbonyl (C=O) groups excluding carboxylic acids is 1. The van der Waals surface area contributed by atoms with Gasteiger partial charge in [0.1, 0.15) is 0 Å². The Morgan fingerprint density at radius 1 is 1.41 bits per heavy atom. The normalized spacial score (nSPS) is 13.0. The Labute approximate surface area is 127 Å². The van der Waals surface area contributed by atoms with Crippen LogP contribution in [0.15, 0.2) is 34.2 Å². The van der Waals surface area contributed by atoms with Crippen LogP contribution in [0.2, 0.25) is 0 Å². The Balaban J connectivity index is 2.32.